The van der Waals surface area contributed by atoms with E-state index >= 15 is 0 Å². The zero-order valence-electron chi connectivity index (χ0n) is 21.8. The van der Waals surface area contributed by atoms with Crippen LogP contribution in [0.15, 0.2) is 53.7 Å². The van der Waals surface area contributed by atoms with Gasteiger partial charge in [0.2, 0.25) is 0 Å². The van der Waals surface area contributed by atoms with Gasteiger partial charge in [-0.25, -0.2) is 18.3 Å². The fraction of sp³-hybridized carbons (Fsp3) is 0.321. The Morgan fingerprint density at radius 1 is 1.12 bits per heavy atom. The average molecular weight is 551 g/mol. The molecular weight excluding hydrogens is 522 g/mol. The molecule has 0 saturated heterocycles. The number of nitrogen functional groups attached to an aromatic ring is 1. The number of rotatable bonds is 7. The largest absolute Gasteiger partial charge is 0.461 e. The van der Waals surface area contributed by atoms with Gasteiger partial charge in [0.1, 0.15) is 23.8 Å². The molecule has 12 heteroatoms. The van der Waals surface area contributed by atoms with Gasteiger partial charge in [0.15, 0.2) is 0 Å². The summed E-state index contributed by atoms with van der Waals surface area (Å²) in [6.07, 6.45) is 8.59. The van der Waals surface area contributed by atoms with Crippen LogP contribution in [0.25, 0.3) is 16.6 Å². The molecule has 0 unspecified atom stereocenters. The van der Waals surface area contributed by atoms with E-state index in [1.165, 1.54) is 10.9 Å². The number of aromatic nitrogens is 4. The van der Waals surface area contributed by atoms with E-state index in [4.69, 9.17) is 10.5 Å². The van der Waals surface area contributed by atoms with Crippen molar-refractivity contribution >= 4 is 28.5 Å². The number of nitrogens with one attached hydrogen (secondary N) is 1. The summed E-state index contributed by atoms with van der Waals surface area (Å²) in [5.74, 6) is -3.66. The van der Waals surface area contributed by atoms with E-state index in [0.29, 0.717) is 47.3 Å². The molecule has 1 aromatic carbocycles. The molecule has 208 valence electrons. The maximum absolute atomic E-state index is 14.4. The molecule has 1 amide bonds. The van der Waals surface area contributed by atoms with Gasteiger partial charge in [-0.3, -0.25) is 24.2 Å². The number of carbonyl (C=O) groups excluding carboxylic acids is 2. The third-order valence-corrected chi connectivity index (χ3v) is 7.09. The summed E-state index contributed by atoms with van der Waals surface area (Å²) in [7, 11) is 1.73. The number of anilines is 1. The van der Waals surface area contributed by atoms with Gasteiger partial charge in [0.05, 0.1) is 40.2 Å². The number of nitrogens with zero attached hydrogens (tertiary/aromatic N) is 4. The lowest BCUT2D eigenvalue weighted by Gasteiger charge is -2.25. The molecule has 0 spiro atoms. The van der Waals surface area contributed by atoms with E-state index in [2.05, 4.69) is 15.3 Å². The molecule has 1 fully saturated rings. The zero-order chi connectivity index (χ0) is 28.4. The second-order valence-electron chi connectivity index (χ2n) is 9.82. The SMILES string of the molecule is Cn1c2cnccc2c(=O)n1-c1ccc(C[C@H](NC(=O)c2cc(F)c(N)cc2F)C(=O)OC2CCCCC2)nc1. The predicted octanol–water partition coefficient (Wildman–Crippen LogP) is 3.20. The second-order valence-corrected chi connectivity index (χ2v) is 9.82. The molecule has 40 heavy (non-hydrogen) atoms. The van der Waals surface area contributed by atoms with E-state index in [-0.39, 0.29) is 18.1 Å². The Morgan fingerprint density at radius 2 is 1.90 bits per heavy atom. The van der Waals surface area contributed by atoms with Gasteiger partial charge in [-0.15, -0.1) is 0 Å². The lowest BCUT2D eigenvalue weighted by molar-refractivity contribution is -0.152. The topological polar surface area (TPSA) is 134 Å². The first-order chi connectivity index (χ1) is 19.2. The molecule has 10 nitrogen and oxygen atoms in total. The van der Waals surface area contributed by atoms with Gasteiger partial charge in [-0.2, -0.15) is 0 Å². The molecule has 3 aromatic heterocycles. The minimum atomic E-state index is -1.22. The highest BCUT2D eigenvalue weighted by molar-refractivity contribution is 5.97. The minimum Gasteiger partial charge on any atom is -0.461 e. The molecule has 1 aliphatic rings. The fourth-order valence-corrected chi connectivity index (χ4v) is 4.94. The van der Waals surface area contributed by atoms with Crippen LogP contribution in [-0.4, -0.2) is 43.4 Å². The third-order valence-electron chi connectivity index (χ3n) is 7.09. The number of halogens is 2. The zero-order valence-corrected chi connectivity index (χ0v) is 21.8. The molecule has 1 saturated carbocycles. The van der Waals surface area contributed by atoms with E-state index in [0.717, 1.165) is 19.3 Å². The number of benzene rings is 1. The van der Waals surface area contributed by atoms with Crippen molar-refractivity contribution in [2.24, 2.45) is 7.05 Å². The fourth-order valence-electron chi connectivity index (χ4n) is 4.94. The number of amides is 1. The molecule has 5 rings (SSSR count). The highest BCUT2D eigenvalue weighted by Crippen LogP contribution is 2.22. The quantitative estimate of drug-likeness (QED) is 0.267. The molecule has 1 atom stereocenters. The summed E-state index contributed by atoms with van der Waals surface area (Å²) in [4.78, 5) is 47.5. The molecule has 3 heterocycles. The van der Waals surface area contributed by atoms with Crippen molar-refractivity contribution in [2.45, 2.75) is 50.7 Å². The number of esters is 1. The molecular formula is C28H28F2N6O4. The van der Waals surface area contributed by atoms with Crippen molar-refractivity contribution in [3.8, 4) is 5.69 Å². The molecule has 4 aromatic rings. The molecule has 0 aliphatic heterocycles. The van der Waals surface area contributed by atoms with Crippen LogP contribution >= 0.6 is 0 Å². The highest BCUT2D eigenvalue weighted by Gasteiger charge is 2.29. The van der Waals surface area contributed by atoms with E-state index in [9.17, 15) is 23.2 Å². The first-order valence-corrected chi connectivity index (χ1v) is 13.0. The van der Waals surface area contributed by atoms with E-state index < -0.39 is 40.8 Å². The summed E-state index contributed by atoms with van der Waals surface area (Å²) in [6, 6.07) is 5.10. The Morgan fingerprint density at radius 3 is 2.60 bits per heavy atom. The Labute approximate surface area is 227 Å². The number of fused-ring (bicyclic) bond motifs is 1. The Balaban J connectivity index is 1.40. The van der Waals surface area contributed by atoms with Crippen molar-refractivity contribution in [3.05, 3.63) is 82.2 Å². The number of ether oxygens (including phenoxy) is 1. The number of hydrogen-bond donors (Lipinski definition) is 2. The number of aryl methyl sites for hydroxylation is 1. The Bertz CT molecular complexity index is 1630. The third kappa shape index (κ3) is 5.42. The van der Waals surface area contributed by atoms with Gasteiger partial charge in [-0.1, -0.05) is 6.42 Å². The monoisotopic (exact) mass is 550 g/mol. The van der Waals surface area contributed by atoms with Crippen LogP contribution in [0.3, 0.4) is 0 Å². The summed E-state index contributed by atoms with van der Waals surface area (Å²) < 4.78 is 37.2. The smallest absolute Gasteiger partial charge is 0.329 e. The summed E-state index contributed by atoms with van der Waals surface area (Å²) in [5.41, 5.74) is 5.66. The van der Waals surface area contributed by atoms with Gasteiger partial charge in [0.25, 0.3) is 11.5 Å². The number of pyridine rings is 2. The Hall–Kier alpha value is -4.61. The number of hydrogen-bond acceptors (Lipinski definition) is 7. The predicted molar refractivity (Wildman–Crippen MR) is 143 cm³/mol. The number of carbonyl (C=O) groups is 2. The van der Waals surface area contributed by atoms with Crippen LogP contribution in [-0.2, 0) is 23.0 Å². The standard InChI is InChI=1S/C28H28F2N6O4/c1-35-25-15-32-10-9-19(25)27(38)36(35)17-8-7-16(33-14-17)11-24(28(39)40-18-5-3-2-4-6-18)34-26(37)20-12-22(30)23(31)13-21(20)29/h7-10,12-15,18,24H,2-6,11,31H2,1H3,(H,34,37)/t24-/m0/s1. The minimum absolute atomic E-state index is 0.0788. The highest BCUT2D eigenvalue weighted by atomic mass is 19.1. The van der Waals surface area contributed by atoms with Crippen LogP contribution in [0.5, 0.6) is 0 Å². The van der Waals surface area contributed by atoms with Gasteiger partial charge >= 0.3 is 5.97 Å². The maximum atomic E-state index is 14.4. The van der Waals surface area contributed by atoms with Crippen LogP contribution in [0, 0.1) is 11.6 Å². The van der Waals surface area contributed by atoms with Crippen LogP contribution in [0.4, 0.5) is 14.5 Å². The second kappa shape index (κ2) is 11.2. The maximum Gasteiger partial charge on any atom is 0.329 e. The van der Waals surface area contributed by atoms with Crippen LogP contribution < -0.4 is 16.6 Å². The first kappa shape index (κ1) is 27.0. The van der Waals surface area contributed by atoms with Crippen LogP contribution in [0.1, 0.15) is 48.2 Å². The van der Waals surface area contributed by atoms with Gasteiger partial charge in [0, 0.05) is 31.4 Å². The summed E-state index contributed by atoms with van der Waals surface area (Å²) in [5, 5.41) is 2.97. The lowest BCUT2D eigenvalue weighted by Crippen LogP contribution is -2.45. The van der Waals surface area contributed by atoms with Crippen molar-refractivity contribution < 1.29 is 23.1 Å². The number of nitrogens with two attached hydrogens (primary N) is 1. The normalized spacial score (nSPS) is 14.7. The van der Waals surface area contributed by atoms with Crippen molar-refractivity contribution in [1.29, 1.82) is 0 Å². The van der Waals surface area contributed by atoms with E-state index in [1.807, 2.05) is 0 Å². The molecule has 1 aliphatic carbocycles. The van der Waals surface area contributed by atoms with E-state index in [1.54, 1.807) is 42.3 Å². The molecule has 0 bridgehead atoms. The van der Waals surface area contributed by atoms with Gasteiger partial charge in [-0.05, 0) is 49.9 Å². The van der Waals surface area contributed by atoms with Crippen LogP contribution in [0.2, 0.25) is 0 Å². The molecule has 0 radical (unpaired) electrons. The average Bonchev–Trinajstić information content (AvgIpc) is 3.21. The molecule has 3 N–H and O–H groups in total. The first-order valence-electron chi connectivity index (χ1n) is 13.0. The van der Waals surface area contributed by atoms with Gasteiger partial charge < -0.3 is 15.8 Å². The summed E-state index contributed by atoms with van der Waals surface area (Å²) in [6.45, 7) is 0. The lowest BCUT2D eigenvalue weighted by atomic mass is 9.97. The van der Waals surface area contributed by atoms with Crippen molar-refractivity contribution in [2.75, 3.05) is 5.73 Å². The Kier molecular flexibility index (Phi) is 7.58. The van der Waals surface area contributed by atoms with Crippen molar-refractivity contribution in [3.63, 3.8) is 0 Å². The van der Waals surface area contributed by atoms with Crippen molar-refractivity contribution in [1.82, 2.24) is 24.6 Å². The summed E-state index contributed by atoms with van der Waals surface area (Å²) >= 11 is 0.